The van der Waals surface area contributed by atoms with Crippen LogP contribution in [0.15, 0.2) is 60.7 Å². The molecule has 4 aromatic rings. The van der Waals surface area contributed by atoms with Gasteiger partial charge in [0.1, 0.15) is 0 Å². The van der Waals surface area contributed by atoms with E-state index < -0.39 is 11.9 Å². The number of carboxylic acids is 2. The van der Waals surface area contributed by atoms with Crippen LogP contribution in [-0.4, -0.2) is 44.4 Å². The summed E-state index contributed by atoms with van der Waals surface area (Å²) in [7, 11) is 0. The molecule has 2 heterocycles. The van der Waals surface area contributed by atoms with Crippen LogP contribution in [-0.2, 0) is 5.48 Å². The van der Waals surface area contributed by atoms with Gasteiger partial charge in [-0.15, -0.1) is 0 Å². The molecule has 0 aliphatic heterocycles. The maximum atomic E-state index is 10.9. The number of aromatic nitrogens is 2. The number of fused-ring (bicyclic) bond motifs is 2. The van der Waals surface area contributed by atoms with Gasteiger partial charge in [0.05, 0.1) is 22.6 Å². The zero-order chi connectivity index (χ0) is 20.3. The Hall–Kier alpha value is -3.31. The van der Waals surface area contributed by atoms with E-state index in [9.17, 15) is 14.7 Å². The summed E-state index contributed by atoms with van der Waals surface area (Å²) in [4.78, 5) is 30.1. The van der Waals surface area contributed by atoms with Gasteiger partial charge in [-0.25, -0.2) is 4.79 Å². The van der Waals surface area contributed by atoms with Gasteiger partial charge >= 0.3 is 23.3 Å². The second kappa shape index (κ2) is 10.5. The van der Waals surface area contributed by atoms with Crippen molar-refractivity contribution in [3.63, 3.8) is 0 Å². The molecule has 0 spiro atoms. The Balaban J connectivity index is 0.000000281. The van der Waals surface area contributed by atoms with Gasteiger partial charge in [-0.2, -0.15) is 0 Å². The minimum absolute atomic E-state index is 0. The summed E-state index contributed by atoms with van der Waals surface area (Å²) in [5, 5.41) is 21.4. The van der Waals surface area contributed by atoms with Crippen LogP contribution < -0.4 is 5.11 Å². The van der Waals surface area contributed by atoms with E-state index in [2.05, 4.69) is 9.97 Å². The number of aryl methyl sites for hydroxylation is 2. The molecule has 0 aliphatic rings. The molecule has 0 aliphatic carbocycles. The molecule has 1 N–H and O–H groups in total. The van der Waals surface area contributed by atoms with Crippen molar-refractivity contribution in [1.82, 2.24) is 9.97 Å². The number of rotatable bonds is 2. The van der Waals surface area contributed by atoms with Gasteiger partial charge in [0.15, 0.2) is 0 Å². The zero-order valence-electron chi connectivity index (χ0n) is 16.3. The Morgan fingerprint density at radius 1 is 0.767 bits per heavy atom. The summed E-state index contributed by atoms with van der Waals surface area (Å²) in [5.41, 5.74) is 3.07. The largest absolute Gasteiger partial charge is 3.00 e. The minimum atomic E-state index is -1.19. The van der Waals surface area contributed by atoms with Crippen LogP contribution in [0, 0.1) is 13.8 Å². The third-order valence-electron chi connectivity index (χ3n) is 4.17. The smallest absolute Gasteiger partial charge is 2.00 e. The Morgan fingerprint density at radius 3 is 1.63 bits per heavy atom. The van der Waals surface area contributed by atoms with Crippen molar-refractivity contribution in [3.05, 3.63) is 83.2 Å². The van der Waals surface area contributed by atoms with Crippen molar-refractivity contribution >= 4 is 51.1 Å². The Labute approximate surface area is 183 Å². The maximum Gasteiger partial charge on any atom is 3.00 e. The molecule has 0 atom stereocenters. The fourth-order valence-electron chi connectivity index (χ4n) is 2.83. The summed E-state index contributed by atoms with van der Waals surface area (Å²) in [5.74, 6) is -2.12. The molecule has 0 saturated heterocycles. The summed E-state index contributed by atoms with van der Waals surface area (Å²) in [6.07, 6.45) is 0. The quantitative estimate of drug-likeness (QED) is 0.500. The number of pyridine rings is 2. The molecule has 0 radical (unpaired) electrons. The van der Waals surface area contributed by atoms with Crippen molar-refractivity contribution in [1.29, 1.82) is 0 Å². The summed E-state index contributed by atoms with van der Waals surface area (Å²) < 4.78 is 0. The van der Waals surface area contributed by atoms with E-state index in [0.29, 0.717) is 11.0 Å². The molecule has 2 aromatic carbocycles. The predicted octanol–water partition coefficient (Wildman–Crippen LogP) is 2.65. The van der Waals surface area contributed by atoms with E-state index in [1.807, 2.05) is 50.2 Å². The Kier molecular flexibility index (Phi) is 8.63. The van der Waals surface area contributed by atoms with Crippen molar-refractivity contribution in [2.24, 2.45) is 0 Å². The van der Waals surface area contributed by atoms with Gasteiger partial charge in [-0.3, -0.25) is 9.97 Å². The first-order valence-corrected chi connectivity index (χ1v) is 8.54. The zero-order valence-corrected chi connectivity index (χ0v) is 17.5. The molecule has 4 rings (SSSR count). The Bertz CT molecular complexity index is 1120. The van der Waals surface area contributed by atoms with Crippen LogP contribution >= 0.6 is 0 Å². The van der Waals surface area contributed by atoms with Gasteiger partial charge in [0.2, 0.25) is 0 Å². The molecule has 7 nitrogen and oxygen atoms in total. The number of hydrogen-bond acceptors (Lipinski definition) is 5. The predicted molar refractivity (Wildman–Crippen MR) is 111 cm³/mol. The van der Waals surface area contributed by atoms with Gasteiger partial charge in [0, 0.05) is 27.7 Å². The van der Waals surface area contributed by atoms with Crippen LogP contribution in [0.4, 0.5) is 0 Å². The molecule has 30 heavy (non-hydrogen) atoms. The number of hydrogen-bond donors (Lipinski definition) is 1. The van der Waals surface area contributed by atoms with Gasteiger partial charge < -0.3 is 20.5 Å². The molecule has 2 aromatic heterocycles. The molecular weight excluding hydrogens is 399 g/mol. The fourth-order valence-corrected chi connectivity index (χ4v) is 2.83. The first-order chi connectivity index (χ1) is 13.4. The molecule has 0 unspecified atom stereocenters. The number of carboxylic acid groups (broad SMARTS) is 2. The first kappa shape index (κ1) is 24.7. The van der Waals surface area contributed by atoms with E-state index in [1.165, 1.54) is 6.07 Å². The van der Waals surface area contributed by atoms with E-state index in [1.54, 1.807) is 18.2 Å². The van der Waals surface area contributed by atoms with Gasteiger partial charge in [-0.05, 0) is 32.0 Å². The van der Waals surface area contributed by atoms with E-state index in [0.717, 1.165) is 22.2 Å². The molecule has 0 amide bonds. The average molecular weight is 416 g/mol. The van der Waals surface area contributed by atoms with Crippen molar-refractivity contribution in [3.8, 4) is 0 Å². The fraction of sp³-hybridized carbons (Fsp3) is 0.0909. The second-order valence-electron chi connectivity index (χ2n) is 6.25. The summed E-state index contributed by atoms with van der Waals surface area (Å²) >= 11 is 0. The maximum absolute atomic E-state index is 10.9. The number of carbonyl (C=O) groups excluding carboxylic acids is 1. The van der Waals surface area contributed by atoms with Gasteiger partial charge in [0.25, 0.3) is 0 Å². The third kappa shape index (κ3) is 5.39. The molecule has 8 heteroatoms. The molecule has 0 fully saturated rings. The number of aromatic carboxylic acids is 2. The summed E-state index contributed by atoms with van der Waals surface area (Å²) in [6.45, 7) is 3.67. The van der Waals surface area contributed by atoms with Crippen molar-refractivity contribution < 1.29 is 25.3 Å². The van der Waals surface area contributed by atoms with Gasteiger partial charge in [-0.1, -0.05) is 42.5 Å². The first-order valence-electron chi connectivity index (χ1n) is 8.54. The number of carbonyl (C=O) groups is 2. The minimum Gasteiger partial charge on any atom is -2.00 e. The van der Waals surface area contributed by atoms with Crippen LogP contribution in [0.25, 0.3) is 21.8 Å². The normalized spacial score (nSPS) is 9.67. The molecule has 0 saturated carbocycles. The number of para-hydroxylation sites is 2. The molecule has 148 valence electrons. The van der Waals surface area contributed by atoms with Crippen LogP contribution in [0.5, 0.6) is 0 Å². The second-order valence-corrected chi connectivity index (χ2v) is 6.25. The van der Waals surface area contributed by atoms with E-state index in [4.69, 9.17) is 5.11 Å². The van der Waals surface area contributed by atoms with Crippen LogP contribution in [0.3, 0.4) is 0 Å². The topological polar surface area (TPSA) is 132 Å². The summed E-state index contributed by atoms with van der Waals surface area (Å²) in [6, 6.07) is 17.6. The van der Waals surface area contributed by atoms with E-state index >= 15 is 0 Å². The molecule has 0 bridgehead atoms. The number of nitrogens with zero attached hydrogens (tertiary/aromatic N) is 2. The molecular formula is C22H17AlN2O5. The number of benzene rings is 2. The van der Waals surface area contributed by atoms with Crippen molar-refractivity contribution in [2.45, 2.75) is 13.8 Å². The van der Waals surface area contributed by atoms with E-state index in [-0.39, 0.29) is 34.0 Å². The Morgan fingerprint density at radius 2 is 1.20 bits per heavy atom. The SMILES string of the molecule is Cc1ccc2cccc(C(=O)O)c2n1.Cc1ccc2cccc(C(=O)[O-])c2n1.[Al+3].[O-2]. The van der Waals surface area contributed by atoms with Crippen LogP contribution in [0.1, 0.15) is 32.1 Å². The average Bonchev–Trinajstić information content (AvgIpc) is 2.67. The third-order valence-corrected chi connectivity index (χ3v) is 4.17. The van der Waals surface area contributed by atoms with Crippen LogP contribution in [0.2, 0.25) is 0 Å². The standard InChI is InChI=1S/2C11H9NO2.Al.O/c2*1-7-5-6-8-3-2-4-9(11(13)14)10(8)12-7;;/h2*2-6H,1H3,(H,13,14);;/q;;+3;-2/p-1. The van der Waals surface area contributed by atoms with Crippen molar-refractivity contribution in [2.75, 3.05) is 0 Å². The monoisotopic (exact) mass is 416 g/mol.